The van der Waals surface area contributed by atoms with Crippen molar-refractivity contribution in [3.63, 3.8) is 0 Å². The topological polar surface area (TPSA) is 97.0 Å². The highest BCUT2D eigenvalue weighted by Gasteiger charge is 2.37. The molecule has 3 aromatic carbocycles. The molecule has 0 aliphatic heterocycles. The molecule has 0 amide bonds. The van der Waals surface area contributed by atoms with E-state index in [2.05, 4.69) is 20.5 Å². The number of hydrogen-bond acceptors (Lipinski definition) is 6. The van der Waals surface area contributed by atoms with Gasteiger partial charge in [0.05, 0.1) is 0 Å². The Bertz CT molecular complexity index is 1110. The number of anilines is 1. The van der Waals surface area contributed by atoms with Gasteiger partial charge in [0, 0.05) is 6.07 Å². The number of nitrogens with one attached hydrogen (secondary N) is 1. The van der Waals surface area contributed by atoms with Crippen LogP contribution in [0.5, 0.6) is 0 Å². The van der Waals surface area contributed by atoms with E-state index in [1.807, 2.05) is 91.0 Å². The predicted molar refractivity (Wildman–Crippen MR) is 121 cm³/mol. The Hall–Kier alpha value is -4.39. The van der Waals surface area contributed by atoms with E-state index in [4.69, 9.17) is 4.52 Å². The molecule has 1 heterocycles. The molecule has 0 bridgehead atoms. The second kappa shape index (κ2) is 9.18. The van der Waals surface area contributed by atoms with E-state index < -0.39 is 11.5 Å². The molecule has 0 fully saturated rings. The lowest BCUT2D eigenvalue weighted by atomic mass is 9.77. The summed E-state index contributed by atoms with van der Waals surface area (Å²) in [5.74, 6) is -0.957. The van der Waals surface area contributed by atoms with Crippen LogP contribution < -0.4 is 5.32 Å². The van der Waals surface area contributed by atoms with Crippen LogP contribution in [0.1, 0.15) is 22.5 Å². The lowest BCUT2D eigenvalue weighted by Gasteiger charge is -2.36. The molecule has 2 N–H and O–H groups in total. The molecule has 32 heavy (non-hydrogen) atoms. The second-order valence-corrected chi connectivity index (χ2v) is 6.98. The lowest BCUT2D eigenvalue weighted by molar-refractivity contribution is -0.129. The van der Waals surface area contributed by atoms with Gasteiger partial charge in [-0.2, -0.15) is 0 Å². The molecule has 0 saturated heterocycles. The number of nitrogens with zero attached hydrogens (tertiary/aromatic N) is 2. The summed E-state index contributed by atoms with van der Waals surface area (Å²) in [5, 5.41) is 20.5. The highest BCUT2D eigenvalue weighted by Crippen LogP contribution is 2.39. The van der Waals surface area contributed by atoms with Crippen LogP contribution in [0, 0.1) is 0 Å². The Morgan fingerprint density at radius 3 is 1.78 bits per heavy atom. The number of carboxylic acid groups (broad SMARTS) is 1. The Balaban J connectivity index is 1.90. The van der Waals surface area contributed by atoms with Crippen LogP contribution in [0.25, 0.3) is 0 Å². The summed E-state index contributed by atoms with van der Waals surface area (Å²) in [7, 11) is 1.27. The van der Waals surface area contributed by atoms with Crippen molar-refractivity contribution in [1.29, 1.82) is 0 Å². The molecule has 0 radical (unpaired) electrons. The Morgan fingerprint density at radius 2 is 1.38 bits per heavy atom. The largest absolute Gasteiger partial charge is 0.476 e. The quantitative estimate of drug-likeness (QED) is 0.244. The Morgan fingerprint density at radius 1 is 0.906 bits per heavy atom. The smallest absolute Gasteiger partial charge is 0.362 e. The van der Waals surface area contributed by atoms with Gasteiger partial charge < -0.3 is 19.8 Å². The van der Waals surface area contributed by atoms with Crippen LogP contribution in [0.2, 0.25) is 0 Å². The van der Waals surface area contributed by atoms with Gasteiger partial charge in [-0.25, -0.2) is 4.79 Å². The summed E-state index contributed by atoms with van der Waals surface area (Å²) in [4.78, 5) is 16.2. The van der Waals surface area contributed by atoms with Crippen LogP contribution in [0.15, 0.2) is 107 Å². The molecule has 7 heteroatoms. The van der Waals surface area contributed by atoms with E-state index in [1.165, 1.54) is 13.2 Å². The van der Waals surface area contributed by atoms with Crippen molar-refractivity contribution < 1.29 is 19.3 Å². The number of aromatic nitrogens is 1. The zero-order valence-electron chi connectivity index (χ0n) is 17.3. The second-order valence-electron chi connectivity index (χ2n) is 6.98. The highest BCUT2D eigenvalue weighted by atomic mass is 16.6. The number of aliphatic carboxylic acids is 1. The molecule has 0 atom stereocenters. The van der Waals surface area contributed by atoms with Gasteiger partial charge in [-0.3, -0.25) is 0 Å². The minimum Gasteiger partial charge on any atom is -0.476 e. The average molecular weight is 427 g/mol. The summed E-state index contributed by atoms with van der Waals surface area (Å²) in [5.41, 5.74) is 1.74. The van der Waals surface area contributed by atoms with E-state index in [9.17, 15) is 9.90 Å². The summed E-state index contributed by atoms with van der Waals surface area (Å²) in [6.45, 7) is 0. The van der Waals surface area contributed by atoms with Gasteiger partial charge in [-0.1, -0.05) is 101 Å². The maximum absolute atomic E-state index is 11.5. The van der Waals surface area contributed by atoms with Crippen LogP contribution >= 0.6 is 0 Å². The summed E-state index contributed by atoms with van der Waals surface area (Å²) in [6, 6.07) is 31.4. The predicted octanol–water partition coefficient (Wildman–Crippen LogP) is 4.51. The van der Waals surface area contributed by atoms with Crippen molar-refractivity contribution in [2.24, 2.45) is 5.16 Å². The molecular formula is C25H21N3O4. The standard InChI is InChI=1S/C25H21N3O4/c1-31-28-23(24(29)30)21-17-22(27-32-21)26-25(18-11-5-2-6-12-18,19-13-7-3-8-14-19)20-15-9-4-10-16-20/h2-17H,1H3,(H,26,27)(H,29,30)/b28-23-. The maximum Gasteiger partial charge on any atom is 0.362 e. The van der Waals surface area contributed by atoms with Crippen molar-refractivity contribution in [2.45, 2.75) is 5.54 Å². The van der Waals surface area contributed by atoms with Gasteiger partial charge in [0.2, 0.25) is 5.71 Å². The number of benzene rings is 3. The fraction of sp³-hybridized carbons (Fsp3) is 0.0800. The van der Waals surface area contributed by atoms with Gasteiger partial charge in [0.15, 0.2) is 11.6 Å². The molecule has 0 spiro atoms. The first-order valence-electron chi connectivity index (χ1n) is 9.91. The third kappa shape index (κ3) is 3.96. The van der Waals surface area contributed by atoms with Crippen LogP contribution in [-0.2, 0) is 15.2 Å². The van der Waals surface area contributed by atoms with Gasteiger partial charge in [0.25, 0.3) is 0 Å². The van der Waals surface area contributed by atoms with Crippen molar-refractivity contribution in [1.82, 2.24) is 5.16 Å². The van der Waals surface area contributed by atoms with E-state index in [-0.39, 0.29) is 11.5 Å². The molecule has 4 aromatic rings. The van der Waals surface area contributed by atoms with Crippen molar-refractivity contribution in [3.05, 3.63) is 120 Å². The minimum absolute atomic E-state index is 0.0232. The molecule has 4 rings (SSSR count). The number of oxime groups is 1. The number of carboxylic acids is 1. The normalized spacial score (nSPS) is 11.7. The van der Waals surface area contributed by atoms with E-state index in [0.29, 0.717) is 5.82 Å². The van der Waals surface area contributed by atoms with Gasteiger partial charge in [-0.05, 0) is 16.7 Å². The average Bonchev–Trinajstić information content (AvgIpc) is 3.30. The maximum atomic E-state index is 11.5. The van der Waals surface area contributed by atoms with Crippen LogP contribution in [-0.4, -0.2) is 29.1 Å². The first kappa shape index (κ1) is 20.9. The zero-order chi connectivity index (χ0) is 22.4. The summed E-state index contributed by atoms with van der Waals surface area (Å²) < 4.78 is 5.29. The molecule has 7 nitrogen and oxygen atoms in total. The summed E-state index contributed by atoms with van der Waals surface area (Å²) in [6.07, 6.45) is 0. The fourth-order valence-corrected chi connectivity index (χ4v) is 3.70. The Kier molecular flexibility index (Phi) is 5.98. The fourth-order valence-electron chi connectivity index (χ4n) is 3.70. The SMILES string of the molecule is CO/N=C(\C(=O)O)c1cc(NC(c2ccccc2)(c2ccccc2)c2ccccc2)no1. The van der Waals surface area contributed by atoms with E-state index >= 15 is 0 Å². The third-order valence-electron chi connectivity index (χ3n) is 5.06. The minimum atomic E-state index is -1.28. The van der Waals surface area contributed by atoms with Gasteiger partial charge in [-0.15, -0.1) is 0 Å². The van der Waals surface area contributed by atoms with Crippen molar-refractivity contribution >= 4 is 17.5 Å². The third-order valence-corrected chi connectivity index (χ3v) is 5.06. The lowest BCUT2D eigenvalue weighted by Crippen LogP contribution is -2.38. The molecule has 1 aromatic heterocycles. The monoisotopic (exact) mass is 427 g/mol. The van der Waals surface area contributed by atoms with E-state index in [0.717, 1.165) is 16.7 Å². The van der Waals surface area contributed by atoms with Gasteiger partial charge in [0.1, 0.15) is 12.6 Å². The van der Waals surface area contributed by atoms with Gasteiger partial charge >= 0.3 is 5.97 Å². The van der Waals surface area contributed by atoms with E-state index in [1.54, 1.807) is 0 Å². The number of carbonyl (C=O) groups is 1. The molecular weight excluding hydrogens is 406 g/mol. The first-order valence-corrected chi connectivity index (χ1v) is 9.91. The zero-order valence-corrected chi connectivity index (χ0v) is 17.3. The molecule has 160 valence electrons. The molecule has 0 saturated carbocycles. The number of hydrogen-bond donors (Lipinski definition) is 2. The van der Waals surface area contributed by atoms with Crippen LogP contribution in [0.3, 0.4) is 0 Å². The highest BCUT2D eigenvalue weighted by molar-refractivity contribution is 6.41. The summed E-state index contributed by atoms with van der Waals surface area (Å²) >= 11 is 0. The molecule has 0 unspecified atom stereocenters. The van der Waals surface area contributed by atoms with Crippen LogP contribution in [0.4, 0.5) is 5.82 Å². The van der Waals surface area contributed by atoms with Crippen molar-refractivity contribution in [2.75, 3.05) is 12.4 Å². The number of rotatable bonds is 8. The molecule has 0 aliphatic carbocycles. The van der Waals surface area contributed by atoms with Crippen molar-refractivity contribution in [3.8, 4) is 0 Å². The molecule has 0 aliphatic rings. The Labute approximate surface area is 184 Å². The first-order chi connectivity index (χ1) is 15.6.